The summed E-state index contributed by atoms with van der Waals surface area (Å²) in [4.78, 5) is 34.2. The standard InChI is InChI=1S/C12H8O4/c1-7(13)16-11-6-10(14)8-4-2-3-5-9(8)12(11)15/h2-6H,1H3. The second kappa shape index (κ2) is 3.73. The number of carbonyl (C=O) groups is 3. The summed E-state index contributed by atoms with van der Waals surface area (Å²) < 4.78 is 4.68. The van der Waals surface area contributed by atoms with Crippen LogP contribution in [0.15, 0.2) is 36.1 Å². The van der Waals surface area contributed by atoms with Gasteiger partial charge in [-0.3, -0.25) is 14.4 Å². The Labute approximate surface area is 91.5 Å². The second-order valence-electron chi connectivity index (χ2n) is 3.34. The van der Waals surface area contributed by atoms with Crippen LogP contribution in [0.1, 0.15) is 27.6 Å². The van der Waals surface area contributed by atoms with Crippen molar-refractivity contribution in [3.05, 3.63) is 47.2 Å². The van der Waals surface area contributed by atoms with Crippen LogP contribution >= 0.6 is 0 Å². The van der Waals surface area contributed by atoms with Crippen molar-refractivity contribution in [1.29, 1.82) is 0 Å². The number of fused-ring (bicyclic) bond motifs is 1. The number of benzene rings is 1. The third kappa shape index (κ3) is 1.65. The molecule has 0 bridgehead atoms. The minimum atomic E-state index is -0.619. The van der Waals surface area contributed by atoms with Crippen molar-refractivity contribution < 1.29 is 19.1 Å². The molecule has 1 aliphatic carbocycles. The van der Waals surface area contributed by atoms with Crippen LogP contribution in [0.25, 0.3) is 0 Å². The third-order valence-corrected chi connectivity index (χ3v) is 2.18. The number of hydrogen-bond donors (Lipinski definition) is 0. The maximum atomic E-state index is 11.8. The van der Waals surface area contributed by atoms with E-state index in [2.05, 4.69) is 4.74 Å². The number of esters is 1. The molecule has 4 nitrogen and oxygen atoms in total. The van der Waals surface area contributed by atoms with Crippen molar-refractivity contribution >= 4 is 17.5 Å². The van der Waals surface area contributed by atoms with E-state index < -0.39 is 11.8 Å². The fourth-order valence-corrected chi connectivity index (χ4v) is 1.52. The molecule has 0 aromatic heterocycles. The molecule has 0 radical (unpaired) electrons. The highest BCUT2D eigenvalue weighted by molar-refractivity contribution is 6.24. The Bertz CT molecular complexity index is 526. The van der Waals surface area contributed by atoms with Crippen molar-refractivity contribution in [1.82, 2.24) is 0 Å². The molecule has 0 fully saturated rings. The van der Waals surface area contributed by atoms with Gasteiger partial charge >= 0.3 is 5.97 Å². The Morgan fingerprint density at radius 3 is 2.38 bits per heavy atom. The summed E-state index contributed by atoms with van der Waals surface area (Å²) in [6.45, 7) is 1.18. The van der Waals surface area contributed by atoms with E-state index in [1.54, 1.807) is 18.2 Å². The highest BCUT2D eigenvalue weighted by Crippen LogP contribution is 2.21. The van der Waals surface area contributed by atoms with Crippen LogP contribution in [0, 0.1) is 0 Å². The Kier molecular flexibility index (Phi) is 2.40. The first-order chi connectivity index (χ1) is 7.59. The van der Waals surface area contributed by atoms with Gasteiger partial charge in [-0.15, -0.1) is 0 Å². The molecule has 0 unspecified atom stereocenters. The zero-order chi connectivity index (χ0) is 11.7. The molecular weight excluding hydrogens is 208 g/mol. The predicted octanol–water partition coefficient (Wildman–Crippen LogP) is 1.51. The van der Waals surface area contributed by atoms with Crippen LogP contribution in [-0.2, 0) is 9.53 Å². The molecule has 0 amide bonds. The summed E-state index contributed by atoms with van der Waals surface area (Å²) in [7, 11) is 0. The van der Waals surface area contributed by atoms with E-state index >= 15 is 0 Å². The molecule has 0 heterocycles. The summed E-state index contributed by atoms with van der Waals surface area (Å²) >= 11 is 0. The number of allylic oxidation sites excluding steroid dienone is 2. The number of ether oxygens (including phenoxy) is 1. The van der Waals surface area contributed by atoms with E-state index in [0.29, 0.717) is 5.56 Å². The zero-order valence-corrected chi connectivity index (χ0v) is 8.52. The molecule has 0 spiro atoms. The lowest BCUT2D eigenvalue weighted by Crippen LogP contribution is -2.19. The molecule has 1 aliphatic rings. The number of Topliss-reactive ketones (excluding diaryl/α,β-unsaturated/α-hetero) is 1. The molecule has 1 aromatic rings. The van der Waals surface area contributed by atoms with Crippen molar-refractivity contribution in [2.45, 2.75) is 6.92 Å². The van der Waals surface area contributed by atoms with Crippen LogP contribution in [-0.4, -0.2) is 17.5 Å². The van der Waals surface area contributed by atoms with Crippen LogP contribution in [0.3, 0.4) is 0 Å². The van der Waals surface area contributed by atoms with Crippen LogP contribution < -0.4 is 0 Å². The quantitative estimate of drug-likeness (QED) is 0.667. The van der Waals surface area contributed by atoms with Gasteiger partial charge in [-0.25, -0.2) is 0 Å². The SMILES string of the molecule is CC(=O)OC1=CC(=O)c2ccccc2C1=O. The van der Waals surface area contributed by atoms with E-state index in [1.807, 2.05) is 0 Å². The van der Waals surface area contributed by atoms with Gasteiger partial charge in [0.05, 0.1) is 0 Å². The third-order valence-electron chi connectivity index (χ3n) is 2.18. The summed E-state index contributed by atoms with van der Waals surface area (Å²) in [5.74, 6) is -1.60. The molecule has 0 saturated heterocycles. The van der Waals surface area contributed by atoms with Crippen molar-refractivity contribution in [3.8, 4) is 0 Å². The monoisotopic (exact) mass is 216 g/mol. The molecular formula is C12H8O4. The van der Waals surface area contributed by atoms with Gasteiger partial charge in [0.1, 0.15) is 0 Å². The smallest absolute Gasteiger partial charge is 0.308 e. The molecule has 2 rings (SSSR count). The van der Waals surface area contributed by atoms with Gasteiger partial charge in [0, 0.05) is 24.1 Å². The van der Waals surface area contributed by atoms with Gasteiger partial charge in [0.2, 0.25) is 5.78 Å². The van der Waals surface area contributed by atoms with E-state index in [1.165, 1.54) is 13.0 Å². The lowest BCUT2D eigenvalue weighted by molar-refractivity contribution is -0.136. The first-order valence-corrected chi connectivity index (χ1v) is 4.68. The maximum absolute atomic E-state index is 11.8. The van der Waals surface area contributed by atoms with Gasteiger partial charge < -0.3 is 4.74 Å². The lowest BCUT2D eigenvalue weighted by atomic mass is 9.94. The first kappa shape index (κ1) is 10.3. The predicted molar refractivity (Wildman–Crippen MR) is 55.0 cm³/mol. The van der Waals surface area contributed by atoms with E-state index in [0.717, 1.165) is 6.08 Å². The van der Waals surface area contributed by atoms with Gasteiger partial charge in [-0.2, -0.15) is 0 Å². The number of hydrogen-bond acceptors (Lipinski definition) is 4. The van der Waals surface area contributed by atoms with Crippen molar-refractivity contribution in [2.75, 3.05) is 0 Å². The normalized spacial score (nSPS) is 14.2. The molecule has 1 aromatic carbocycles. The fraction of sp³-hybridized carbons (Fsp3) is 0.0833. The number of rotatable bonds is 1. The lowest BCUT2D eigenvalue weighted by Gasteiger charge is -2.13. The van der Waals surface area contributed by atoms with Crippen LogP contribution in [0.4, 0.5) is 0 Å². The molecule has 0 aliphatic heterocycles. The topological polar surface area (TPSA) is 60.4 Å². The van der Waals surface area contributed by atoms with Crippen molar-refractivity contribution in [3.63, 3.8) is 0 Å². The van der Waals surface area contributed by atoms with Gasteiger partial charge in [-0.1, -0.05) is 24.3 Å². The number of ketones is 2. The van der Waals surface area contributed by atoms with E-state index in [9.17, 15) is 14.4 Å². The van der Waals surface area contributed by atoms with E-state index in [4.69, 9.17) is 0 Å². The average molecular weight is 216 g/mol. The van der Waals surface area contributed by atoms with Crippen LogP contribution in [0.2, 0.25) is 0 Å². The Morgan fingerprint density at radius 2 is 1.75 bits per heavy atom. The molecule has 16 heavy (non-hydrogen) atoms. The van der Waals surface area contributed by atoms with Gasteiger partial charge in [0.25, 0.3) is 0 Å². The summed E-state index contributed by atoms with van der Waals surface area (Å²) in [5, 5.41) is 0. The number of carbonyl (C=O) groups excluding carboxylic acids is 3. The highest BCUT2D eigenvalue weighted by Gasteiger charge is 2.27. The summed E-state index contributed by atoms with van der Waals surface area (Å²) in [5.41, 5.74) is 0.606. The second-order valence-corrected chi connectivity index (χ2v) is 3.34. The molecule has 0 N–H and O–H groups in total. The van der Waals surface area contributed by atoms with Gasteiger partial charge in [-0.05, 0) is 0 Å². The highest BCUT2D eigenvalue weighted by atomic mass is 16.5. The Morgan fingerprint density at radius 1 is 1.12 bits per heavy atom. The maximum Gasteiger partial charge on any atom is 0.308 e. The Balaban J connectivity index is 2.47. The zero-order valence-electron chi connectivity index (χ0n) is 8.52. The Hall–Kier alpha value is -2.23. The van der Waals surface area contributed by atoms with Crippen molar-refractivity contribution in [2.24, 2.45) is 0 Å². The molecule has 80 valence electrons. The first-order valence-electron chi connectivity index (χ1n) is 4.68. The largest absolute Gasteiger partial charge is 0.422 e. The minimum absolute atomic E-state index is 0.212. The summed E-state index contributed by atoms with van der Waals surface area (Å²) in [6, 6.07) is 6.43. The van der Waals surface area contributed by atoms with Crippen LogP contribution in [0.5, 0.6) is 0 Å². The molecule has 0 saturated carbocycles. The summed E-state index contributed by atoms with van der Waals surface area (Å²) in [6.07, 6.45) is 1.05. The van der Waals surface area contributed by atoms with Gasteiger partial charge in [0.15, 0.2) is 11.5 Å². The molecule has 4 heteroatoms. The van der Waals surface area contributed by atoms with E-state index in [-0.39, 0.29) is 17.1 Å². The molecule has 0 atom stereocenters. The average Bonchev–Trinajstić information content (AvgIpc) is 2.25. The fourth-order valence-electron chi connectivity index (χ4n) is 1.52. The minimum Gasteiger partial charge on any atom is -0.422 e.